The molecule has 0 N–H and O–H groups in total. The molecule has 140 valence electrons. The maximum absolute atomic E-state index is 6.21. The summed E-state index contributed by atoms with van der Waals surface area (Å²) in [5, 5.41) is 0. The van der Waals surface area contributed by atoms with Gasteiger partial charge in [0, 0.05) is 12.3 Å². The highest BCUT2D eigenvalue weighted by Crippen LogP contribution is 2.42. The smallest absolute Gasteiger partial charge is 0.201 e. The molecule has 0 spiro atoms. The third-order valence-electron chi connectivity index (χ3n) is 4.79. The van der Waals surface area contributed by atoms with E-state index in [0.717, 1.165) is 12.2 Å². The van der Waals surface area contributed by atoms with Crippen molar-refractivity contribution in [2.24, 2.45) is 4.66 Å². The molecule has 3 heteroatoms. The van der Waals surface area contributed by atoms with Gasteiger partial charge in [-0.1, -0.05) is 71.9 Å². The molecule has 0 bridgehead atoms. The zero-order valence-corrected chi connectivity index (χ0v) is 18.7. The van der Waals surface area contributed by atoms with E-state index in [-0.39, 0.29) is 5.60 Å². The van der Waals surface area contributed by atoms with Crippen LogP contribution in [0.5, 0.6) is 0 Å². The lowest BCUT2D eigenvalue weighted by Gasteiger charge is -2.37. The normalized spacial score (nSPS) is 12.5. The number of allylic oxidation sites excluding steroid dienone is 1. The molecule has 25 heavy (non-hydrogen) atoms. The Morgan fingerprint density at radius 2 is 1.44 bits per heavy atom. The first-order valence-electron chi connectivity index (χ1n) is 9.55. The number of ether oxygens (including phenoxy) is 1. The van der Waals surface area contributed by atoms with Crippen molar-refractivity contribution < 1.29 is 4.74 Å². The second-order valence-corrected chi connectivity index (χ2v) is 14.3. The van der Waals surface area contributed by atoms with E-state index in [1.54, 1.807) is 0 Å². The SMILES string of the molecule is CC(C)[Si](N=C=C(Cc1ccccc1)OC(C)(C)C)(C(C)C)C(C)C. The molecule has 0 aliphatic rings. The molecule has 0 heterocycles. The Bertz CT molecular complexity index is 568. The summed E-state index contributed by atoms with van der Waals surface area (Å²) >= 11 is 0. The average Bonchev–Trinajstić information content (AvgIpc) is 2.46. The van der Waals surface area contributed by atoms with Gasteiger partial charge >= 0.3 is 0 Å². The van der Waals surface area contributed by atoms with Gasteiger partial charge in [0.1, 0.15) is 5.60 Å². The lowest BCUT2D eigenvalue weighted by Crippen LogP contribution is -2.42. The Labute approximate surface area is 156 Å². The molecule has 0 amide bonds. The van der Waals surface area contributed by atoms with Crippen LogP contribution in [0.1, 0.15) is 67.9 Å². The maximum atomic E-state index is 6.21. The fraction of sp³-hybridized carbons (Fsp3) is 0.636. The summed E-state index contributed by atoms with van der Waals surface area (Å²) in [7, 11) is -1.87. The van der Waals surface area contributed by atoms with Crippen LogP contribution < -0.4 is 0 Å². The van der Waals surface area contributed by atoms with Gasteiger partial charge in [0.15, 0.2) is 5.76 Å². The molecule has 1 aromatic carbocycles. The average molecular weight is 360 g/mol. The van der Waals surface area contributed by atoms with Gasteiger partial charge in [0.05, 0.1) is 0 Å². The van der Waals surface area contributed by atoms with Crippen molar-refractivity contribution in [3.05, 3.63) is 41.7 Å². The molecule has 0 saturated carbocycles. The maximum Gasteiger partial charge on any atom is 0.201 e. The van der Waals surface area contributed by atoms with E-state index in [0.29, 0.717) is 16.6 Å². The first-order valence-corrected chi connectivity index (χ1v) is 11.7. The van der Waals surface area contributed by atoms with Gasteiger partial charge in [-0.3, -0.25) is 4.66 Å². The number of rotatable bonds is 7. The number of nitrogens with zero attached hydrogens (tertiary/aromatic N) is 1. The predicted molar refractivity (Wildman–Crippen MR) is 113 cm³/mol. The van der Waals surface area contributed by atoms with Crippen LogP contribution in [-0.4, -0.2) is 19.7 Å². The van der Waals surface area contributed by atoms with Gasteiger partial charge in [0.25, 0.3) is 0 Å². The second-order valence-electron chi connectivity index (χ2n) is 8.87. The summed E-state index contributed by atoms with van der Waals surface area (Å²) in [4.78, 5) is 0. The molecular formula is C22H37NOSi. The molecule has 0 aliphatic heterocycles. The van der Waals surface area contributed by atoms with Crippen LogP contribution in [-0.2, 0) is 11.2 Å². The highest BCUT2D eigenvalue weighted by molar-refractivity contribution is 6.82. The number of hydrogen-bond acceptors (Lipinski definition) is 2. The van der Waals surface area contributed by atoms with E-state index in [1.807, 2.05) is 6.07 Å². The summed E-state index contributed by atoms with van der Waals surface area (Å²) in [6.07, 6.45) is 0.736. The molecule has 0 atom stereocenters. The molecule has 1 rings (SSSR count). The Morgan fingerprint density at radius 1 is 0.960 bits per heavy atom. The van der Waals surface area contributed by atoms with Gasteiger partial charge in [-0.2, -0.15) is 0 Å². The van der Waals surface area contributed by atoms with E-state index in [2.05, 4.69) is 92.4 Å². The van der Waals surface area contributed by atoms with Crippen LogP contribution >= 0.6 is 0 Å². The van der Waals surface area contributed by atoms with Crippen LogP contribution in [0.25, 0.3) is 0 Å². The van der Waals surface area contributed by atoms with Crippen molar-refractivity contribution in [2.45, 2.75) is 91.0 Å². The zero-order valence-electron chi connectivity index (χ0n) is 17.7. The standard InChI is InChI=1S/C22H37NOSi/c1-17(2)25(18(3)4,19(5)6)23-16-21(24-22(7,8)9)15-20-13-11-10-12-14-20/h10-14,17-19H,15H2,1-9H3. The summed E-state index contributed by atoms with van der Waals surface area (Å²) < 4.78 is 11.4. The summed E-state index contributed by atoms with van der Waals surface area (Å²) in [6, 6.07) is 10.4. The van der Waals surface area contributed by atoms with Crippen molar-refractivity contribution in [3.63, 3.8) is 0 Å². The quantitative estimate of drug-likeness (QED) is 0.299. The van der Waals surface area contributed by atoms with Crippen LogP contribution in [0.2, 0.25) is 16.6 Å². The Morgan fingerprint density at radius 3 is 1.84 bits per heavy atom. The highest BCUT2D eigenvalue weighted by atomic mass is 28.3. The van der Waals surface area contributed by atoms with Crippen molar-refractivity contribution in [3.8, 4) is 0 Å². The van der Waals surface area contributed by atoms with Gasteiger partial charge in [-0.25, -0.2) is 0 Å². The molecular weight excluding hydrogens is 322 g/mol. The lowest BCUT2D eigenvalue weighted by atomic mass is 10.1. The Hall–Kier alpha value is -1.31. The number of benzene rings is 1. The molecule has 0 saturated heterocycles. The van der Waals surface area contributed by atoms with Crippen molar-refractivity contribution >= 4 is 14.1 Å². The molecule has 0 unspecified atom stereocenters. The second kappa shape index (κ2) is 8.87. The van der Waals surface area contributed by atoms with Crippen LogP contribution in [0, 0.1) is 0 Å². The summed E-state index contributed by atoms with van der Waals surface area (Å²) in [5.74, 6) is 4.24. The van der Waals surface area contributed by atoms with Gasteiger partial charge in [0.2, 0.25) is 8.24 Å². The molecule has 0 aliphatic carbocycles. The van der Waals surface area contributed by atoms with E-state index >= 15 is 0 Å². The van der Waals surface area contributed by atoms with Crippen LogP contribution in [0.15, 0.2) is 40.7 Å². The van der Waals surface area contributed by atoms with Gasteiger partial charge < -0.3 is 4.74 Å². The fourth-order valence-electron chi connectivity index (χ4n) is 3.80. The van der Waals surface area contributed by atoms with E-state index in [4.69, 9.17) is 9.39 Å². The van der Waals surface area contributed by atoms with Crippen molar-refractivity contribution in [1.29, 1.82) is 0 Å². The van der Waals surface area contributed by atoms with Gasteiger partial charge in [-0.15, -0.1) is 0 Å². The highest BCUT2D eigenvalue weighted by Gasteiger charge is 2.43. The molecule has 0 radical (unpaired) electrons. The summed E-state index contributed by atoms with van der Waals surface area (Å²) in [6.45, 7) is 20.2. The fourth-order valence-corrected chi connectivity index (χ4v) is 8.89. The topological polar surface area (TPSA) is 21.6 Å². The van der Waals surface area contributed by atoms with Crippen LogP contribution in [0.4, 0.5) is 0 Å². The lowest BCUT2D eigenvalue weighted by molar-refractivity contribution is 0.0525. The third kappa shape index (κ3) is 6.16. The van der Waals surface area contributed by atoms with Crippen molar-refractivity contribution in [2.75, 3.05) is 0 Å². The molecule has 2 nitrogen and oxygen atoms in total. The van der Waals surface area contributed by atoms with E-state index in [9.17, 15) is 0 Å². The first kappa shape index (κ1) is 21.7. The molecule has 1 aromatic rings. The largest absolute Gasteiger partial charge is 0.483 e. The first-order chi connectivity index (χ1) is 11.5. The minimum absolute atomic E-state index is 0.246. The predicted octanol–water partition coefficient (Wildman–Crippen LogP) is 6.77. The molecule has 0 fully saturated rings. The number of hydrogen-bond donors (Lipinski definition) is 0. The molecule has 0 aromatic heterocycles. The summed E-state index contributed by atoms with van der Waals surface area (Å²) in [5.41, 5.74) is 2.72. The van der Waals surface area contributed by atoms with Crippen molar-refractivity contribution in [1.82, 2.24) is 0 Å². The third-order valence-corrected chi connectivity index (χ3v) is 10.8. The Balaban J connectivity index is 3.36. The Kier molecular flexibility index (Phi) is 7.71. The minimum Gasteiger partial charge on any atom is -0.483 e. The van der Waals surface area contributed by atoms with Crippen LogP contribution in [0.3, 0.4) is 0 Å². The zero-order chi connectivity index (χ0) is 19.3. The van der Waals surface area contributed by atoms with E-state index < -0.39 is 8.24 Å². The minimum atomic E-state index is -1.87. The monoisotopic (exact) mass is 359 g/mol. The van der Waals surface area contributed by atoms with Gasteiger partial charge in [-0.05, 0) is 43.0 Å². The van der Waals surface area contributed by atoms with E-state index in [1.165, 1.54) is 5.56 Å².